The molecule has 0 unspecified atom stereocenters. The molecule has 0 fully saturated rings. The molecule has 88 valence electrons. The van der Waals surface area contributed by atoms with E-state index in [1.54, 1.807) is 7.05 Å². The Morgan fingerprint density at radius 1 is 1.38 bits per heavy atom. The van der Waals surface area contributed by atoms with Gasteiger partial charge in [0.25, 0.3) is 5.91 Å². The molecule has 0 saturated carbocycles. The number of amides is 2. The van der Waals surface area contributed by atoms with Crippen molar-refractivity contribution in [3.05, 3.63) is 21.4 Å². The van der Waals surface area contributed by atoms with Gasteiger partial charge in [0.2, 0.25) is 5.91 Å². The Hall–Kier alpha value is -1.36. The zero-order chi connectivity index (χ0) is 12.1. The summed E-state index contributed by atoms with van der Waals surface area (Å²) in [5.74, 6) is -0.168. The van der Waals surface area contributed by atoms with Crippen molar-refractivity contribution in [3.63, 3.8) is 0 Å². The van der Waals surface area contributed by atoms with Crippen molar-refractivity contribution in [1.82, 2.24) is 10.6 Å². The molecule has 1 heterocycles. The van der Waals surface area contributed by atoms with Crippen LogP contribution >= 0.6 is 11.3 Å². The molecule has 0 saturated heterocycles. The number of rotatable bonds is 4. The second kappa shape index (κ2) is 5.65. The molecule has 1 aromatic heterocycles. The van der Waals surface area contributed by atoms with Crippen LogP contribution in [0.5, 0.6) is 0 Å². The number of thiophene rings is 1. The van der Waals surface area contributed by atoms with Crippen LogP contribution in [0.25, 0.3) is 0 Å². The molecule has 0 aliphatic heterocycles. The summed E-state index contributed by atoms with van der Waals surface area (Å²) in [6, 6.07) is 0. The summed E-state index contributed by atoms with van der Waals surface area (Å²) in [5, 5.41) is 7.20. The van der Waals surface area contributed by atoms with Crippen molar-refractivity contribution < 1.29 is 9.59 Å². The van der Waals surface area contributed by atoms with Gasteiger partial charge in [-0.1, -0.05) is 0 Å². The van der Waals surface area contributed by atoms with E-state index in [1.165, 1.54) is 11.3 Å². The highest BCUT2D eigenvalue weighted by Crippen LogP contribution is 2.20. The van der Waals surface area contributed by atoms with Gasteiger partial charge < -0.3 is 10.6 Å². The number of hydrogen-bond donors (Lipinski definition) is 2. The summed E-state index contributed by atoms with van der Waals surface area (Å²) >= 11 is 1.44. The normalized spacial score (nSPS) is 9.94. The lowest BCUT2D eigenvalue weighted by atomic mass is 10.2. The van der Waals surface area contributed by atoms with Crippen LogP contribution in [0.3, 0.4) is 0 Å². The molecule has 0 spiro atoms. The number of hydrogen-bond acceptors (Lipinski definition) is 3. The van der Waals surface area contributed by atoms with Crippen LogP contribution < -0.4 is 10.6 Å². The van der Waals surface area contributed by atoms with E-state index in [9.17, 15) is 9.59 Å². The minimum Gasteiger partial charge on any atom is -0.359 e. The van der Waals surface area contributed by atoms with Crippen molar-refractivity contribution in [2.45, 2.75) is 20.3 Å². The van der Waals surface area contributed by atoms with Crippen LogP contribution in [0, 0.1) is 13.8 Å². The molecule has 0 atom stereocenters. The summed E-state index contributed by atoms with van der Waals surface area (Å²) in [5.41, 5.74) is 2.14. The largest absolute Gasteiger partial charge is 0.359 e. The van der Waals surface area contributed by atoms with Gasteiger partial charge in [-0.05, 0) is 30.4 Å². The van der Waals surface area contributed by atoms with E-state index in [1.807, 2.05) is 19.2 Å². The fourth-order valence-corrected chi connectivity index (χ4v) is 2.21. The van der Waals surface area contributed by atoms with Crippen molar-refractivity contribution in [2.24, 2.45) is 0 Å². The number of nitrogens with one attached hydrogen (secondary N) is 2. The third-order valence-electron chi connectivity index (χ3n) is 2.41. The van der Waals surface area contributed by atoms with E-state index in [-0.39, 0.29) is 11.8 Å². The van der Waals surface area contributed by atoms with Gasteiger partial charge in [0.15, 0.2) is 0 Å². The van der Waals surface area contributed by atoms with Crippen LogP contribution in [0.15, 0.2) is 5.38 Å². The molecule has 16 heavy (non-hydrogen) atoms. The van der Waals surface area contributed by atoms with Crippen LogP contribution in [-0.2, 0) is 4.79 Å². The van der Waals surface area contributed by atoms with Crippen LogP contribution in [0.4, 0.5) is 0 Å². The Morgan fingerprint density at radius 2 is 2.06 bits per heavy atom. The maximum Gasteiger partial charge on any atom is 0.261 e. The SMILES string of the molecule is CNC(=O)CCNC(=O)c1scc(C)c1C. The first-order valence-electron chi connectivity index (χ1n) is 5.09. The summed E-state index contributed by atoms with van der Waals surface area (Å²) in [7, 11) is 1.58. The zero-order valence-corrected chi connectivity index (χ0v) is 10.5. The van der Waals surface area contributed by atoms with E-state index in [4.69, 9.17) is 0 Å². The fraction of sp³-hybridized carbons (Fsp3) is 0.455. The van der Waals surface area contributed by atoms with Crippen molar-refractivity contribution in [2.75, 3.05) is 13.6 Å². The van der Waals surface area contributed by atoms with Crippen LogP contribution in [0.2, 0.25) is 0 Å². The first kappa shape index (κ1) is 12.7. The van der Waals surface area contributed by atoms with Gasteiger partial charge >= 0.3 is 0 Å². The number of aryl methyl sites for hydroxylation is 1. The molecule has 2 amide bonds. The van der Waals surface area contributed by atoms with Crippen LogP contribution in [-0.4, -0.2) is 25.4 Å². The molecule has 0 aromatic carbocycles. The lowest BCUT2D eigenvalue weighted by Crippen LogP contribution is -2.29. The molecule has 0 radical (unpaired) electrons. The van der Waals surface area contributed by atoms with Crippen LogP contribution in [0.1, 0.15) is 27.2 Å². The average Bonchev–Trinajstić information content (AvgIpc) is 2.59. The zero-order valence-electron chi connectivity index (χ0n) is 9.72. The predicted molar refractivity (Wildman–Crippen MR) is 64.8 cm³/mol. The first-order chi connectivity index (χ1) is 7.56. The van der Waals surface area contributed by atoms with Gasteiger partial charge in [-0.15, -0.1) is 11.3 Å². The van der Waals surface area contributed by atoms with Crippen molar-refractivity contribution in [3.8, 4) is 0 Å². The molecule has 2 N–H and O–H groups in total. The predicted octanol–water partition coefficient (Wildman–Crippen LogP) is 1.23. The quantitative estimate of drug-likeness (QED) is 0.831. The van der Waals surface area contributed by atoms with Crippen molar-refractivity contribution >= 4 is 23.2 Å². The number of carbonyl (C=O) groups is 2. The monoisotopic (exact) mass is 240 g/mol. The van der Waals surface area contributed by atoms with Gasteiger partial charge in [0.1, 0.15) is 0 Å². The Morgan fingerprint density at radius 3 is 2.56 bits per heavy atom. The summed E-state index contributed by atoms with van der Waals surface area (Å²) < 4.78 is 0. The van der Waals surface area contributed by atoms with Gasteiger partial charge in [0.05, 0.1) is 4.88 Å². The molecule has 1 rings (SSSR count). The van der Waals surface area contributed by atoms with Gasteiger partial charge in [-0.3, -0.25) is 9.59 Å². The van der Waals surface area contributed by atoms with Gasteiger partial charge in [0, 0.05) is 20.0 Å². The number of carbonyl (C=O) groups excluding carboxylic acids is 2. The molecular formula is C11H16N2O2S. The second-order valence-corrected chi connectivity index (χ2v) is 4.43. The minimum atomic E-state index is -0.0977. The highest BCUT2D eigenvalue weighted by atomic mass is 32.1. The molecule has 0 bridgehead atoms. The Balaban J connectivity index is 2.47. The van der Waals surface area contributed by atoms with Gasteiger partial charge in [-0.25, -0.2) is 0 Å². The maximum atomic E-state index is 11.7. The fourth-order valence-electron chi connectivity index (χ4n) is 1.22. The summed E-state index contributed by atoms with van der Waals surface area (Å²) in [6.45, 7) is 4.28. The lowest BCUT2D eigenvalue weighted by Gasteiger charge is -2.04. The van der Waals surface area contributed by atoms with E-state index in [0.717, 1.165) is 16.0 Å². The summed E-state index contributed by atoms with van der Waals surface area (Å²) in [6.07, 6.45) is 0.311. The van der Waals surface area contributed by atoms with E-state index in [2.05, 4.69) is 10.6 Å². The highest BCUT2D eigenvalue weighted by molar-refractivity contribution is 7.12. The lowest BCUT2D eigenvalue weighted by molar-refractivity contribution is -0.120. The minimum absolute atomic E-state index is 0.0700. The molecule has 4 nitrogen and oxygen atoms in total. The Bertz CT molecular complexity index is 399. The van der Waals surface area contributed by atoms with E-state index < -0.39 is 0 Å². The van der Waals surface area contributed by atoms with Gasteiger partial charge in [-0.2, -0.15) is 0 Å². The topological polar surface area (TPSA) is 58.2 Å². The summed E-state index contributed by atoms with van der Waals surface area (Å²) in [4.78, 5) is 23.4. The van der Waals surface area contributed by atoms with E-state index >= 15 is 0 Å². The maximum absolute atomic E-state index is 11.7. The highest BCUT2D eigenvalue weighted by Gasteiger charge is 2.12. The molecule has 1 aromatic rings. The second-order valence-electron chi connectivity index (χ2n) is 3.55. The first-order valence-corrected chi connectivity index (χ1v) is 5.97. The molecule has 0 aliphatic carbocycles. The van der Waals surface area contributed by atoms with Crippen molar-refractivity contribution in [1.29, 1.82) is 0 Å². The molecule has 5 heteroatoms. The Kier molecular flexibility index (Phi) is 4.49. The molecule has 0 aliphatic rings. The standard InChI is InChI=1S/C11H16N2O2S/c1-7-6-16-10(8(7)2)11(15)13-5-4-9(14)12-3/h6H,4-5H2,1-3H3,(H,12,14)(H,13,15). The third kappa shape index (κ3) is 3.06. The average molecular weight is 240 g/mol. The molecular weight excluding hydrogens is 224 g/mol. The smallest absolute Gasteiger partial charge is 0.261 e. The Labute approximate surface area is 99.0 Å². The third-order valence-corrected chi connectivity index (χ3v) is 3.61. The van der Waals surface area contributed by atoms with E-state index in [0.29, 0.717) is 13.0 Å².